The predicted molar refractivity (Wildman–Crippen MR) is 89.5 cm³/mol. The van der Waals surface area contributed by atoms with E-state index in [1.807, 2.05) is 0 Å². The molecule has 1 heterocycles. The summed E-state index contributed by atoms with van der Waals surface area (Å²) >= 11 is 0. The fourth-order valence-electron chi connectivity index (χ4n) is 2.31. The van der Waals surface area contributed by atoms with E-state index in [-0.39, 0.29) is 0 Å². The lowest BCUT2D eigenvalue weighted by atomic mass is 10.0. The molecule has 0 unspecified atom stereocenters. The number of anilines is 3. The maximum Gasteiger partial charge on any atom is 0.139 e. The van der Waals surface area contributed by atoms with Crippen molar-refractivity contribution in [1.29, 1.82) is 0 Å². The summed E-state index contributed by atoms with van der Waals surface area (Å²) in [5.41, 5.74) is 4.74. The van der Waals surface area contributed by atoms with Crippen LogP contribution in [0.15, 0.2) is 24.5 Å². The van der Waals surface area contributed by atoms with E-state index in [0.717, 1.165) is 29.4 Å². The Kier molecular flexibility index (Phi) is 4.78. The van der Waals surface area contributed by atoms with Gasteiger partial charge < -0.3 is 10.6 Å². The Hall–Kier alpha value is -2.10. The zero-order valence-electron chi connectivity index (χ0n) is 13.5. The molecule has 2 aromatic rings. The van der Waals surface area contributed by atoms with E-state index >= 15 is 0 Å². The molecule has 0 bridgehead atoms. The Bertz CT molecular complexity index is 620. The number of benzene rings is 1. The molecule has 0 spiro atoms. The molecule has 4 nitrogen and oxygen atoms in total. The van der Waals surface area contributed by atoms with Crippen LogP contribution in [0.3, 0.4) is 0 Å². The van der Waals surface area contributed by atoms with Crippen molar-refractivity contribution in [3.63, 3.8) is 0 Å². The molecule has 0 radical (unpaired) electrons. The van der Waals surface area contributed by atoms with Gasteiger partial charge in [0.25, 0.3) is 0 Å². The summed E-state index contributed by atoms with van der Waals surface area (Å²) in [5, 5.41) is 6.74. The third kappa shape index (κ3) is 3.51. The highest BCUT2D eigenvalue weighted by atomic mass is 15.1. The van der Waals surface area contributed by atoms with E-state index in [4.69, 9.17) is 0 Å². The van der Waals surface area contributed by atoms with E-state index < -0.39 is 0 Å². The lowest BCUT2D eigenvalue weighted by Crippen LogP contribution is -2.09. The van der Waals surface area contributed by atoms with E-state index in [1.54, 1.807) is 6.33 Å². The first kappa shape index (κ1) is 15.3. The number of rotatable bonds is 5. The molecule has 1 aromatic heterocycles. The standard InChI is InChI=1S/C17H24N4/c1-6-18-16-15(11(2)3)17(20-10-19-16)21-14-8-7-12(4)13(5)9-14/h7-11H,6H2,1-5H3,(H2,18,19,20,21). The molecule has 2 N–H and O–H groups in total. The minimum atomic E-state index is 0.342. The summed E-state index contributed by atoms with van der Waals surface area (Å²) < 4.78 is 0. The molecule has 0 aliphatic carbocycles. The predicted octanol–water partition coefficient (Wildman–Crippen LogP) is 4.39. The van der Waals surface area contributed by atoms with E-state index in [0.29, 0.717) is 5.92 Å². The number of aryl methyl sites for hydroxylation is 2. The Morgan fingerprint density at radius 3 is 2.38 bits per heavy atom. The summed E-state index contributed by atoms with van der Waals surface area (Å²) in [6.07, 6.45) is 1.60. The van der Waals surface area contributed by atoms with Crippen LogP contribution in [0.5, 0.6) is 0 Å². The van der Waals surface area contributed by atoms with Gasteiger partial charge in [0.15, 0.2) is 0 Å². The second-order valence-electron chi connectivity index (χ2n) is 5.59. The minimum Gasteiger partial charge on any atom is -0.370 e. The maximum atomic E-state index is 4.43. The van der Waals surface area contributed by atoms with Gasteiger partial charge >= 0.3 is 0 Å². The number of nitrogens with one attached hydrogen (secondary N) is 2. The molecule has 0 aliphatic rings. The first-order valence-corrected chi connectivity index (χ1v) is 7.46. The zero-order chi connectivity index (χ0) is 15.4. The number of hydrogen-bond donors (Lipinski definition) is 2. The second kappa shape index (κ2) is 6.57. The molecular formula is C17H24N4. The summed E-state index contributed by atoms with van der Waals surface area (Å²) in [4.78, 5) is 8.79. The van der Waals surface area contributed by atoms with Crippen LogP contribution in [0, 0.1) is 13.8 Å². The van der Waals surface area contributed by atoms with Gasteiger partial charge in [0, 0.05) is 17.8 Å². The second-order valence-corrected chi connectivity index (χ2v) is 5.59. The lowest BCUT2D eigenvalue weighted by molar-refractivity contribution is 0.849. The van der Waals surface area contributed by atoms with Crippen LogP contribution in [0.25, 0.3) is 0 Å². The van der Waals surface area contributed by atoms with Gasteiger partial charge in [-0.1, -0.05) is 19.9 Å². The molecule has 112 valence electrons. The molecule has 0 aliphatic heterocycles. The number of hydrogen-bond acceptors (Lipinski definition) is 4. The maximum absolute atomic E-state index is 4.43. The molecule has 2 rings (SSSR count). The van der Waals surface area contributed by atoms with Crippen molar-refractivity contribution in [2.75, 3.05) is 17.2 Å². The van der Waals surface area contributed by atoms with Crippen molar-refractivity contribution in [2.45, 2.75) is 40.5 Å². The van der Waals surface area contributed by atoms with Crippen molar-refractivity contribution in [1.82, 2.24) is 9.97 Å². The Balaban J connectivity index is 2.38. The fourth-order valence-corrected chi connectivity index (χ4v) is 2.31. The van der Waals surface area contributed by atoms with Crippen molar-refractivity contribution in [3.8, 4) is 0 Å². The van der Waals surface area contributed by atoms with E-state index in [9.17, 15) is 0 Å². The van der Waals surface area contributed by atoms with Gasteiger partial charge in [-0.05, 0) is 49.9 Å². The Morgan fingerprint density at radius 2 is 1.76 bits per heavy atom. The van der Waals surface area contributed by atoms with Gasteiger partial charge in [0.05, 0.1) is 0 Å². The Morgan fingerprint density at radius 1 is 1.05 bits per heavy atom. The van der Waals surface area contributed by atoms with Crippen LogP contribution in [0.2, 0.25) is 0 Å². The largest absolute Gasteiger partial charge is 0.370 e. The first-order chi connectivity index (χ1) is 10.0. The van der Waals surface area contributed by atoms with Crippen molar-refractivity contribution < 1.29 is 0 Å². The smallest absolute Gasteiger partial charge is 0.139 e. The molecular weight excluding hydrogens is 260 g/mol. The van der Waals surface area contributed by atoms with Crippen molar-refractivity contribution in [3.05, 3.63) is 41.2 Å². The molecule has 0 amide bonds. The van der Waals surface area contributed by atoms with Gasteiger partial charge in [0.2, 0.25) is 0 Å². The summed E-state index contributed by atoms with van der Waals surface area (Å²) in [5.74, 6) is 2.13. The molecule has 0 fully saturated rings. The highest BCUT2D eigenvalue weighted by Crippen LogP contribution is 2.30. The SMILES string of the molecule is CCNc1ncnc(Nc2ccc(C)c(C)c2)c1C(C)C. The molecule has 0 saturated carbocycles. The van der Waals surface area contributed by atoms with Gasteiger partial charge in [-0.3, -0.25) is 0 Å². The van der Waals surface area contributed by atoms with Crippen LogP contribution in [-0.4, -0.2) is 16.5 Å². The monoisotopic (exact) mass is 284 g/mol. The van der Waals surface area contributed by atoms with Crippen LogP contribution in [0.1, 0.15) is 43.4 Å². The van der Waals surface area contributed by atoms with Gasteiger partial charge in [-0.25, -0.2) is 9.97 Å². The third-order valence-corrected chi connectivity index (χ3v) is 3.58. The highest BCUT2D eigenvalue weighted by Gasteiger charge is 2.14. The molecule has 0 atom stereocenters. The molecule has 21 heavy (non-hydrogen) atoms. The van der Waals surface area contributed by atoms with Crippen LogP contribution in [0.4, 0.5) is 17.3 Å². The fraction of sp³-hybridized carbons (Fsp3) is 0.412. The molecule has 0 saturated heterocycles. The number of nitrogens with zero attached hydrogens (tertiary/aromatic N) is 2. The quantitative estimate of drug-likeness (QED) is 0.854. The molecule has 1 aromatic carbocycles. The van der Waals surface area contributed by atoms with Crippen LogP contribution < -0.4 is 10.6 Å². The number of aromatic nitrogens is 2. The van der Waals surface area contributed by atoms with Gasteiger partial charge in [-0.2, -0.15) is 0 Å². The highest BCUT2D eigenvalue weighted by molar-refractivity contribution is 5.66. The summed E-state index contributed by atoms with van der Waals surface area (Å²) in [6, 6.07) is 6.36. The van der Waals surface area contributed by atoms with Crippen LogP contribution in [-0.2, 0) is 0 Å². The Labute approximate surface area is 127 Å². The van der Waals surface area contributed by atoms with Gasteiger partial charge in [0.1, 0.15) is 18.0 Å². The molecule has 4 heteroatoms. The average molecular weight is 284 g/mol. The van der Waals surface area contributed by atoms with Crippen molar-refractivity contribution >= 4 is 17.3 Å². The summed E-state index contributed by atoms with van der Waals surface area (Å²) in [6.45, 7) is 11.5. The minimum absolute atomic E-state index is 0.342. The van der Waals surface area contributed by atoms with E-state index in [1.165, 1.54) is 11.1 Å². The topological polar surface area (TPSA) is 49.8 Å². The van der Waals surface area contributed by atoms with Crippen LogP contribution >= 0.6 is 0 Å². The van der Waals surface area contributed by atoms with E-state index in [2.05, 4.69) is 73.4 Å². The lowest BCUT2D eigenvalue weighted by Gasteiger charge is -2.17. The van der Waals surface area contributed by atoms with Gasteiger partial charge in [-0.15, -0.1) is 0 Å². The zero-order valence-corrected chi connectivity index (χ0v) is 13.5. The third-order valence-electron chi connectivity index (χ3n) is 3.58. The first-order valence-electron chi connectivity index (χ1n) is 7.46. The normalized spacial score (nSPS) is 10.8. The van der Waals surface area contributed by atoms with Crippen molar-refractivity contribution in [2.24, 2.45) is 0 Å². The average Bonchev–Trinajstić information content (AvgIpc) is 2.43. The summed E-state index contributed by atoms with van der Waals surface area (Å²) in [7, 11) is 0.